The lowest BCUT2D eigenvalue weighted by atomic mass is 10.2. The Morgan fingerprint density at radius 2 is 1.82 bits per heavy atom. The van der Waals surface area contributed by atoms with E-state index in [2.05, 4.69) is 27.9 Å². The van der Waals surface area contributed by atoms with Crippen LogP contribution in [-0.2, 0) is 30.2 Å². The number of thiazole rings is 1. The number of carbonyl (C=O) groups is 1. The van der Waals surface area contributed by atoms with E-state index in [-0.39, 0.29) is 12.5 Å². The minimum atomic E-state index is -0.135. The third kappa shape index (κ3) is 8.94. The Hall–Kier alpha value is -5.41. The Kier molecular flexibility index (Phi) is 12.3. The standard InChI is InChI=1S/C41H40N6O5S3/c1-5-18-47-33-15-9-7-13-31(33)45-41(47)55-26-29-25-54-40(43-29)30-12-11-17-35(38(30)50-4)51-22-27-19-36(53-24-27)39-42-28(23-52-39)20-46(6-2)21-37(48)44-32-14-8-10-16-34(32)49-3/h5,7-17,19,23-25H,1,6,18,20-22,26H2,2-4H3,(H,44,48). The van der Waals surface area contributed by atoms with Crippen LogP contribution in [0, 0.1) is 0 Å². The lowest BCUT2D eigenvalue weighted by Gasteiger charge is -2.19. The highest BCUT2D eigenvalue weighted by molar-refractivity contribution is 7.98. The maximum absolute atomic E-state index is 12.8. The minimum absolute atomic E-state index is 0.135. The van der Waals surface area contributed by atoms with E-state index >= 15 is 0 Å². The van der Waals surface area contributed by atoms with Crippen LogP contribution in [0.15, 0.2) is 112 Å². The number of thiophene rings is 1. The van der Waals surface area contributed by atoms with Gasteiger partial charge in [0.2, 0.25) is 11.8 Å². The summed E-state index contributed by atoms with van der Waals surface area (Å²) >= 11 is 4.77. The number of ether oxygens (including phenoxy) is 3. The highest BCUT2D eigenvalue weighted by atomic mass is 32.2. The van der Waals surface area contributed by atoms with Gasteiger partial charge in [-0.05, 0) is 54.4 Å². The maximum Gasteiger partial charge on any atom is 0.238 e. The average Bonchev–Trinajstić information content (AvgIpc) is 4.04. The second-order valence-electron chi connectivity index (χ2n) is 12.4. The van der Waals surface area contributed by atoms with Gasteiger partial charge < -0.3 is 28.5 Å². The van der Waals surface area contributed by atoms with Crippen LogP contribution >= 0.6 is 34.4 Å². The molecule has 7 aromatic rings. The summed E-state index contributed by atoms with van der Waals surface area (Å²) in [5.41, 5.74) is 6.26. The van der Waals surface area contributed by atoms with Crippen molar-refractivity contribution >= 4 is 57.1 Å². The molecule has 0 saturated carbocycles. The number of carbonyl (C=O) groups excluding carboxylic acids is 1. The van der Waals surface area contributed by atoms with Crippen LogP contribution < -0.4 is 19.5 Å². The molecule has 55 heavy (non-hydrogen) atoms. The fourth-order valence-electron chi connectivity index (χ4n) is 5.98. The predicted molar refractivity (Wildman–Crippen MR) is 220 cm³/mol. The summed E-state index contributed by atoms with van der Waals surface area (Å²) in [5, 5.41) is 8.84. The first-order valence-corrected chi connectivity index (χ1v) is 20.3. The molecule has 3 aromatic carbocycles. The fraction of sp³-hybridized carbons (Fsp3) is 0.220. The van der Waals surface area contributed by atoms with Gasteiger partial charge in [-0.2, -0.15) is 0 Å². The number of aromatic nitrogens is 4. The van der Waals surface area contributed by atoms with E-state index in [1.54, 1.807) is 43.6 Å². The van der Waals surface area contributed by atoms with Crippen molar-refractivity contribution in [3.63, 3.8) is 0 Å². The third-order valence-electron chi connectivity index (χ3n) is 8.64. The smallest absolute Gasteiger partial charge is 0.238 e. The number of nitrogens with one attached hydrogen (secondary N) is 1. The zero-order chi connectivity index (χ0) is 38.1. The number of para-hydroxylation sites is 5. The van der Waals surface area contributed by atoms with Crippen LogP contribution in [0.5, 0.6) is 17.2 Å². The van der Waals surface area contributed by atoms with Crippen molar-refractivity contribution in [2.45, 2.75) is 37.5 Å². The highest BCUT2D eigenvalue weighted by Crippen LogP contribution is 2.40. The number of nitrogens with zero attached hydrogens (tertiary/aromatic N) is 5. The number of allylic oxidation sites excluding steroid dienone is 1. The van der Waals surface area contributed by atoms with Gasteiger partial charge in [-0.15, -0.1) is 29.3 Å². The van der Waals surface area contributed by atoms with E-state index in [1.165, 1.54) is 11.3 Å². The number of hydrogen-bond acceptors (Lipinski definition) is 12. The zero-order valence-corrected chi connectivity index (χ0v) is 33.1. The summed E-state index contributed by atoms with van der Waals surface area (Å²) in [7, 11) is 3.23. The molecular weight excluding hydrogens is 753 g/mol. The van der Waals surface area contributed by atoms with Crippen molar-refractivity contribution in [2.75, 3.05) is 32.6 Å². The van der Waals surface area contributed by atoms with E-state index < -0.39 is 0 Å². The van der Waals surface area contributed by atoms with Gasteiger partial charge in [0.05, 0.1) is 59.3 Å². The van der Waals surface area contributed by atoms with Crippen LogP contribution in [0.2, 0.25) is 0 Å². The number of amides is 1. The van der Waals surface area contributed by atoms with Crippen LogP contribution in [0.1, 0.15) is 23.9 Å². The topological polar surface area (TPSA) is 117 Å². The molecule has 0 bridgehead atoms. The number of imidazole rings is 1. The fourth-order valence-corrected chi connectivity index (χ4v) is 8.67. The van der Waals surface area contributed by atoms with E-state index in [0.29, 0.717) is 60.8 Å². The summed E-state index contributed by atoms with van der Waals surface area (Å²) in [6.07, 6.45) is 3.54. The van der Waals surface area contributed by atoms with E-state index in [4.69, 9.17) is 33.6 Å². The van der Waals surface area contributed by atoms with Gasteiger partial charge in [0.25, 0.3) is 0 Å². The van der Waals surface area contributed by atoms with Crippen molar-refractivity contribution < 1.29 is 23.4 Å². The van der Waals surface area contributed by atoms with Gasteiger partial charge >= 0.3 is 0 Å². The average molecular weight is 793 g/mol. The Bertz CT molecular complexity index is 2400. The molecule has 0 radical (unpaired) electrons. The van der Waals surface area contributed by atoms with Gasteiger partial charge in [0, 0.05) is 29.8 Å². The van der Waals surface area contributed by atoms with Gasteiger partial charge in [0.1, 0.15) is 23.6 Å². The first-order chi connectivity index (χ1) is 27.0. The lowest BCUT2D eigenvalue weighted by molar-refractivity contribution is -0.117. The van der Waals surface area contributed by atoms with Gasteiger partial charge in [-0.25, -0.2) is 15.0 Å². The molecule has 0 aliphatic rings. The summed E-state index contributed by atoms with van der Waals surface area (Å²) in [4.78, 5) is 30.2. The SMILES string of the molecule is C=CCn1c(SCc2csc(-c3cccc(OCc4csc(-c5nc(CN(CC)CC(=O)Nc6ccccc6OC)co5)c4)c3OC)n2)nc2ccccc21. The molecule has 1 N–H and O–H groups in total. The molecule has 14 heteroatoms. The molecule has 7 rings (SSSR count). The van der Waals surface area contributed by atoms with Gasteiger partial charge in [-0.3, -0.25) is 9.69 Å². The molecule has 4 aromatic heterocycles. The third-order valence-corrected chi connectivity index (χ3v) is 11.5. The van der Waals surface area contributed by atoms with Crippen molar-refractivity contribution in [3.05, 3.63) is 119 Å². The molecule has 1 amide bonds. The predicted octanol–water partition coefficient (Wildman–Crippen LogP) is 9.41. The molecule has 0 fully saturated rings. The first kappa shape index (κ1) is 37.9. The number of fused-ring (bicyclic) bond motifs is 1. The molecule has 0 unspecified atom stereocenters. The van der Waals surface area contributed by atoms with E-state index in [0.717, 1.165) is 48.6 Å². The van der Waals surface area contributed by atoms with Crippen molar-refractivity contribution in [2.24, 2.45) is 0 Å². The number of rotatable bonds is 18. The number of likely N-dealkylation sites (N-methyl/N-ethyl adjacent to an activating group) is 1. The van der Waals surface area contributed by atoms with E-state index in [1.807, 2.05) is 90.0 Å². The molecule has 11 nitrogen and oxygen atoms in total. The number of benzene rings is 3. The largest absolute Gasteiger partial charge is 0.495 e. The first-order valence-electron chi connectivity index (χ1n) is 17.6. The summed E-state index contributed by atoms with van der Waals surface area (Å²) < 4.78 is 25.6. The zero-order valence-electron chi connectivity index (χ0n) is 30.7. The maximum atomic E-state index is 12.8. The molecule has 0 saturated heterocycles. The molecule has 0 aliphatic heterocycles. The summed E-state index contributed by atoms with van der Waals surface area (Å²) in [6, 6.07) is 23.4. The van der Waals surface area contributed by atoms with Gasteiger partial charge in [-0.1, -0.05) is 55.1 Å². The second-order valence-corrected chi connectivity index (χ2v) is 15.1. The van der Waals surface area contributed by atoms with Crippen LogP contribution in [0.25, 0.3) is 32.4 Å². The highest BCUT2D eigenvalue weighted by Gasteiger charge is 2.19. The normalized spacial score (nSPS) is 11.3. The molecule has 0 atom stereocenters. The van der Waals surface area contributed by atoms with Crippen molar-refractivity contribution in [3.8, 4) is 38.6 Å². The molecule has 0 aliphatic carbocycles. The summed E-state index contributed by atoms with van der Waals surface area (Å²) in [5.74, 6) is 2.95. The minimum Gasteiger partial charge on any atom is -0.495 e. The lowest BCUT2D eigenvalue weighted by Crippen LogP contribution is -2.32. The number of thioether (sulfide) groups is 1. The number of methoxy groups -OCH3 is 2. The molecule has 0 spiro atoms. The van der Waals surface area contributed by atoms with Crippen LogP contribution in [0.3, 0.4) is 0 Å². The Morgan fingerprint density at radius 3 is 2.65 bits per heavy atom. The Labute approximate surface area is 331 Å². The van der Waals surface area contributed by atoms with Crippen molar-refractivity contribution in [1.29, 1.82) is 0 Å². The number of hydrogen-bond donors (Lipinski definition) is 1. The van der Waals surface area contributed by atoms with E-state index in [9.17, 15) is 4.79 Å². The molecular formula is C41H40N6O5S3. The summed E-state index contributed by atoms with van der Waals surface area (Å²) in [6.45, 7) is 8.29. The molecule has 282 valence electrons. The van der Waals surface area contributed by atoms with Gasteiger partial charge in [0.15, 0.2) is 16.7 Å². The molecule has 4 heterocycles. The number of oxazole rings is 1. The van der Waals surface area contributed by atoms with Crippen LogP contribution in [0.4, 0.5) is 5.69 Å². The van der Waals surface area contributed by atoms with Crippen molar-refractivity contribution in [1.82, 2.24) is 24.4 Å². The van der Waals surface area contributed by atoms with Crippen LogP contribution in [-0.4, -0.2) is 57.6 Å². The number of anilines is 1. The Balaban J connectivity index is 0.957. The second kappa shape index (κ2) is 17.8. The monoisotopic (exact) mass is 792 g/mol. The Morgan fingerprint density at radius 1 is 0.982 bits per heavy atom. The quantitative estimate of drug-likeness (QED) is 0.0666.